The molecule has 2 bridgehead atoms. The number of benzene rings is 3. The molecular weight excluding hydrogens is 843 g/mol. The van der Waals surface area contributed by atoms with Crippen LogP contribution in [-0.2, 0) is 9.59 Å². The molecule has 0 saturated carbocycles. The van der Waals surface area contributed by atoms with Crippen LogP contribution in [0.4, 0.5) is 16.2 Å². The van der Waals surface area contributed by atoms with Crippen LogP contribution >= 0.6 is 0 Å². The number of amides is 6. The number of aromatic hydroxyl groups is 1. The Kier molecular flexibility index (Phi) is 11.4. The number of piperidine rings is 1. The Labute approximate surface area is 383 Å². The molecule has 3 aromatic carbocycles. The highest BCUT2D eigenvalue weighted by molar-refractivity contribution is 6.23. The van der Waals surface area contributed by atoms with Crippen LogP contribution in [0.1, 0.15) is 52.0 Å². The summed E-state index contributed by atoms with van der Waals surface area (Å²) in [5, 5.41) is 12.6. The molecule has 7 aliphatic rings. The van der Waals surface area contributed by atoms with Gasteiger partial charge in [0.05, 0.1) is 16.8 Å². The van der Waals surface area contributed by atoms with E-state index in [1.165, 1.54) is 0 Å². The van der Waals surface area contributed by atoms with Gasteiger partial charge in [-0.25, -0.2) is 4.79 Å². The number of fused-ring (bicyclic) bond motifs is 4. The second-order valence-electron chi connectivity index (χ2n) is 18.6. The van der Waals surface area contributed by atoms with Crippen LogP contribution in [-0.4, -0.2) is 156 Å². The maximum Gasteiger partial charge on any atom is 0.320 e. The first-order chi connectivity index (χ1) is 31.9. The van der Waals surface area contributed by atoms with Crippen molar-refractivity contribution in [1.29, 1.82) is 0 Å². The number of likely N-dealkylation sites (tertiary alicyclic amines) is 2. The Balaban J connectivity index is 0.671. The smallest absolute Gasteiger partial charge is 0.320 e. The summed E-state index contributed by atoms with van der Waals surface area (Å²) in [4.78, 5) is 78.7. The number of para-hydroxylation sites is 1. The molecule has 0 aliphatic carbocycles. The fourth-order valence-electron chi connectivity index (χ4n) is 11.2. The normalized spacial score (nSPS) is 25.4. The van der Waals surface area contributed by atoms with Crippen molar-refractivity contribution in [3.63, 3.8) is 0 Å². The molecule has 7 heterocycles. The summed E-state index contributed by atoms with van der Waals surface area (Å²) in [5.41, 5.74) is 22.9. The van der Waals surface area contributed by atoms with Crippen molar-refractivity contribution in [1.82, 2.24) is 29.8 Å². The predicted molar refractivity (Wildman–Crippen MR) is 246 cm³/mol. The molecule has 6 amide bonds. The molecule has 0 aromatic heterocycles. The summed E-state index contributed by atoms with van der Waals surface area (Å²) < 4.78 is 6.31. The lowest BCUT2D eigenvalue weighted by molar-refractivity contribution is -0.136. The maximum atomic E-state index is 13.7. The number of imide groups is 2. The minimum atomic E-state index is -0.999. The van der Waals surface area contributed by atoms with Gasteiger partial charge in [-0.05, 0) is 67.8 Å². The first-order valence-corrected chi connectivity index (χ1v) is 23.0. The van der Waals surface area contributed by atoms with Gasteiger partial charge in [-0.2, -0.15) is 0 Å². The van der Waals surface area contributed by atoms with Crippen LogP contribution in [0.3, 0.4) is 0 Å². The van der Waals surface area contributed by atoms with Gasteiger partial charge in [0.1, 0.15) is 30.0 Å². The van der Waals surface area contributed by atoms with Gasteiger partial charge in [0, 0.05) is 131 Å². The van der Waals surface area contributed by atoms with E-state index in [9.17, 15) is 29.1 Å². The number of nitrogens with two attached hydrogens (primary N) is 3. The van der Waals surface area contributed by atoms with Gasteiger partial charge in [0.15, 0.2) is 0 Å². The molecular formula is C48H57N11O7. The number of carbonyl (C=O) groups excluding carboxylic acids is 5. The van der Waals surface area contributed by atoms with E-state index >= 15 is 0 Å². The molecule has 346 valence electrons. The quantitative estimate of drug-likeness (QED) is 0.144. The highest BCUT2D eigenvalue weighted by atomic mass is 16.5. The van der Waals surface area contributed by atoms with Gasteiger partial charge in [0.2, 0.25) is 11.8 Å². The zero-order valence-electron chi connectivity index (χ0n) is 36.9. The lowest BCUT2D eigenvalue weighted by atomic mass is 10.0. The zero-order valence-corrected chi connectivity index (χ0v) is 36.9. The number of phenolic OH excluding ortho intramolecular Hbond substituents is 1. The van der Waals surface area contributed by atoms with Gasteiger partial charge in [-0.15, -0.1) is 0 Å². The molecule has 3 aromatic rings. The standard InChI is InChI=1S/C48H57N11O7/c49-39(37-6-1-2-7-42(37)60)22-41(44(50)51)56-27-33-8-9-34(28-56)58(33)32-4-3-5-35(20-32)66-19-18-53-14-16-54(17-15-53)48(65)57-25-29-23-55(24-30(29)26-57)31-10-11-36-38(21-31)47(64)59(46(36)63)40-12-13-43(61)52-45(40)62/h1-7,10-11,20-22,29-30,33-34,40,60H,8-9,12-19,23-28,49-51H2,(H,52,61,62)/b39-22-/t29-,30+,33?,34?,40?. The van der Waals surface area contributed by atoms with Crippen LogP contribution in [0.5, 0.6) is 11.5 Å². The van der Waals surface area contributed by atoms with Crippen LogP contribution in [0.25, 0.3) is 5.70 Å². The fourth-order valence-corrected chi connectivity index (χ4v) is 11.2. The Hall–Kier alpha value is -6.95. The molecule has 6 fully saturated rings. The van der Waals surface area contributed by atoms with Crippen molar-refractivity contribution >= 4 is 46.7 Å². The van der Waals surface area contributed by atoms with Gasteiger partial charge >= 0.3 is 6.03 Å². The summed E-state index contributed by atoms with van der Waals surface area (Å²) in [7, 11) is 0. The largest absolute Gasteiger partial charge is 0.507 e. The van der Waals surface area contributed by atoms with Crippen molar-refractivity contribution < 1.29 is 33.8 Å². The Morgan fingerprint density at radius 3 is 2.15 bits per heavy atom. The van der Waals surface area contributed by atoms with Crippen molar-refractivity contribution in [3.8, 4) is 11.5 Å². The number of hydrogen-bond donors (Lipinski definition) is 5. The van der Waals surface area contributed by atoms with Crippen LogP contribution in [0, 0.1) is 11.8 Å². The third-order valence-corrected chi connectivity index (χ3v) is 14.6. The third-order valence-electron chi connectivity index (χ3n) is 14.6. The number of carbonyl (C=O) groups is 5. The van der Waals surface area contributed by atoms with Gasteiger partial charge in [-0.1, -0.05) is 18.2 Å². The van der Waals surface area contributed by atoms with Crippen molar-refractivity contribution in [2.24, 2.45) is 29.0 Å². The Bertz CT molecular complexity index is 2490. The molecule has 8 N–H and O–H groups in total. The minimum Gasteiger partial charge on any atom is -0.507 e. The number of nitrogens with zero attached hydrogens (tertiary/aromatic N) is 7. The van der Waals surface area contributed by atoms with Crippen LogP contribution < -0.4 is 37.1 Å². The van der Waals surface area contributed by atoms with E-state index in [1.54, 1.807) is 36.4 Å². The molecule has 0 radical (unpaired) electrons. The third kappa shape index (κ3) is 8.07. The number of rotatable bonds is 10. The SMILES string of the molecule is NC(N)=C(/C=C(\N)c1ccccc1O)N1CC2CCC(C1)N2c1cccc(OCCN2CCN(C(=O)N3C[C@@H]4CN(c5ccc6c(c5)C(=O)N(C5CCC(=O)NC5=O)C6=O)C[C@@H]4C3)CC2)c1. The van der Waals surface area contributed by atoms with Crippen molar-refractivity contribution in [2.45, 2.75) is 43.8 Å². The van der Waals surface area contributed by atoms with E-state index in [0.717, 1.165) is 80.7 Å². The molecule has 66 heavy (non-hydrogen) atoms. The molecule has 0 spiro atoms. The van der Waals surface area contributed by atoms with E-state index in [4.69, 9.17) is 21.9 Å². The molecule has 5 atom stereocenters. The molecule has 7 aliphatic heterocycles. The molecule has 6 saturated heterocycles. The summed E-state index contributed by atoms with van der Waals surface area (Å²) in [5.74, 6) is -0.363. The number of nitrogens with one attached hydrogen (secondary N) is 1. The van der Waals surface area contributed by atoms with Gasteiger partial charge in [-0.3, -0.25) is 34.3 Å². The van der Waals surface area contributed by atoms with E-state index < -0.39 is 29.7 Å². The second kappa shape index (κ2) is 17.5. The topological polar surface area (TPSA) is 228 Å². The maximum absolute atomic E-state index is 13.7. The molecule has 10 rings (SSSR count). The first-order valence-electron chi connectivity index (χ1n) is 23.0. The number of urea groups is 1. The zero-order chi connectivity index (χ0) is 45.8. The van der Waals surface area contributed by atoms with E-state index in [-0.39, 0.29) is 53.7 Å². The van der Waals surface area contributed by atoms with E-state index in [2.05, 4.69) is 37.0 Å². The Morgan fingerprint density at radius 2 is 1.45 bits per heavy atom. The molecule has 18 nitrogen and oxygen atoms in total. The number of ether oxygens (including phenoxy) is 1. The number of anilines is 2. The highest BCUT2D eigenvalue weighted by Gasteiger charge is 2.47. The van der Waals surface area contributed by atoms with E-state index in [0.29, 0.717) is 61.6 Å². The minimum absolute atomic E-state index is 0.0742. The second-order valence-corrected chi connectivity index (χ2v) is 18.6. The average molecular weight is 900 g/mol. The average Bonchev–Trinajstić information content (AvgIpc) is 4.04. The van der Waals surface area contributed by atoms with Crippen molar-refractivity contribution in [3.05, 3.63) is 101 Å². The van der Waals surface area contributed by atoms with E-state index in [1.807, 2.05) is 34.1 Å². The van der Waals surface area contributed by atoms with Crippen molar-refractivity contribution in [2.75, 3.05) is 88.4 Å². The lowest BCUT2D eigenvalue weighted by Gasteiger charge is -2.44. The van der Waals surface area contributed by atoms with Crippen LogP contribution in [0.2, 0.25) is 0 Å². The number of phenols is 1. The summed E-state index contributed by atoms with van der Waals surface area (Å²) in [6.07, 6.45) is 4.03. The van der Waals surface area contributed by atoms with Crippen LogP contribution in [0.15, 0.2) is 84.3 Å². The molecule has 3 unspecified atom stereocenters. The summed E-state index contributed by atoms with van der Waals surface area (Å²) in [6, 6.07) is 20.1. The number of hydrogen-bond acceptors (Lipinski definition) is 14. The predicted octanol–water partition coefficient (Wildman–Crippen LogP) is 1.72. The van der Waals surface area contributed by atoms with Gasteiger partial charge in [0.25, 0.3) is 11.8 Å². The fraction of sp³-hybridized carbons (Fsp3) is 0.438. The number of allylic oxidation sites excluding steroid dienone is 1. The summed E-state index contributed by atoms with van der Waals surface area (Å²) in [6.45, 7) is 8.42. The van der Waals surface area contributed by atoms with Gasteiger partial charge < -0.3 is 51.5 Å². The lowest BCUT2D eigenvalue weighted by Crippen LogP contribution is -2.54. The Morgan fingerprint density at radius 1 is 0.742 bits per heavy atom. The summed E-state index contributed by atoms with van der Waals surface area (Å²) >= 11 is 0. The number of piperazine rings is 2. The molecule has 18 heteroatoms. The highest BCUT2D eigenvalue weighted by Crippen LogP contribution is 2.39. The monoisotopic (exact) mass is 899 g/mol. The first kappa shape index (κ1) is 43.0.